The minimum atomic E-state index is -0.396. The lowest BCUT2D eigenvalue weighted by Crippen LogP contribution is -2.24. The van der Waals surface area contributed by atoms with Crippen molar-refractivity contribution < 1.29 is 9.84 Å². The van der Waals surface area contributed by atoms with E-state index in [2.05, 4.69) is 0 Å². The van der Waals surface area contributed by atoms with Crippen molar-refractivity contribution in [2.24, 2.45) is 0 Å². The third-order valence-corrected chi connectivity index (χ3v) is 2.72. The van der Waals surface area contributed by atoms with E-state index in [1.54, 1.807) is 6.92 Å². The topological polar surface area (TPSA) is 29.5 Å². The van der Waals surface area contributed by atoms with Crippen molar-refractivity contribution >= 4 is 0 Å². The molecule has 1 aromatic carbocycles. The molecule has 1 aliphatic carbocycles. The summed E-state index contributed by atoms with van der Waals surface area (Å²) in [6.45, 7) is 1.77. The summed E-state index contributed by atoms with van der Waals surface area (Å²) in [5, 5.41) is 9.31. The Morgan fingerprint density at radius 1 is 1.29 bits per heavy atom. The summed E-state index contributed by atoms with van der Waals surface area (Å²) in [5.74, 6) is 0.916. The minimum absolute atomic E-state index is 0.396. The molecule has 0 spiro atoms. The summed E-state index contributed by atoms with van der Waals surface area (Å²) >= 11 is 0. The molecule has 1 N–H and O–H groups in total. The SMILES string of the molecule is CC(O)c1ccc(OC2CCC2)cc1. The van der Waals surface area contributed by atoms with Gasteiger partial charge in [-0.05, 0) is 43.9 Å². The summed E-state index contributed by atoms with van der Waals surface area (Å²) < 4.78 is 5.70. The fourth-order valence-electron chi connectivity index (χ4n) is 1.51. The van der Waals surface area contributed by atoms with Gasteiger partial charge in [0.15, 0.2) is 0 Å². The fourth-order valence-corrected chi connectivity index (χ4v) is 1.51. The molecule has 1 saturated carbocycles. The average Bonchev–Trinajstić information content (AvgIpc) is 2.12. The second-order valence-electron chi connectivity index (χ2n) is 3.92. The van der Waals surface area contributed by atoms with Crippen molar-refractivity contribution in [3.63, 3.8) is 0 Å². The number of rotatable bonds is 3. The summed E-state index contributed by atoms with van der Waals surface area (Å²) in [4.78, 5) is 0. The number of ether oxygens (including phenoxy) is 1. The molecule has 0 saturated heterocycles. The Morgan fingerprint density at radius 2 is 1.93 bits per heavy atom. The van der Waals surface area contributed by atoms with Gasteiger partial charge in [-0.1, -0.05) is 12.1 Å². The molecule has 1 aliphatic rings. The van der Waals surface area contributed by atoms with Crippen molar-refractivity contribution in [1.82, 2.24) is 0 Å². The quantitative estimate of drug-likeness (QED) is 0.797. The Bertz CT molecular complexity index is 286. The first-order chi connectivity index (χ1) is 6.75. The van der Waals surface area contributed by atoms with Crippen molar-refractivity contribution in [3.8, 4) is 5.75 Å². The van der Waals surface area contributed by atoms with Crippen molar-refractivity contribution in [2.75, 3.05) is 0 Å². The highest BCUT2D eigenvalue weighted by molar-refractivity contribution is 5.28. The fraction of sp³-hybridized carbons (Fsp3) is 0.500. The van der Waals surface area contributed by atoms with Gasteiger partial charge in [0.05, 0.1) is 12.2 Å². The summed E-state index contributed by atoms with van der Waals surface area (Å²) in [6.07, 6.45) is 3.67. The Morgan fingerprint density at radius 3 is 2.36 bits per heavy atom. The summed E-state index contributed by atoms with van der Waals surface area (Å²) in [5.41, 5.74) is 0.936. The van der Waals surface area contributed by atoms with Gasteiger partial charge in [0, 0.05) is 0 Å². The van der Waals surface area contributed by atoms with Gasteiger partial charge < -0.3 is 9.84 Å². The maximum atomic E-state index is 9.31. The molecule has 0 amide bonds. The van der Waals surface area contributed by atoms with Gasteiger partial charge in [-0.3, -0.25) is 0 Å². The molecule has 1 fully saturated rings. The highest BCUT2D eigenvalue weighted by atomic mass is 16.5. The summed E-state index contributed by atoms with van der Waals surface area (Å²) in [7, 11) is 0. The lowest BCUT2D eigenvalue weighted by Gasteiger charge is -2.26. The molecule has 0 aromatic heterocycles. The normalized spacial score (nSPS) is 18.7. The van der Waals surface area contributed by atoms with Crippen molar-refractivity contribution in [2.45, 2.75) is 38.4 Å². The Labute approximate surface area is 84.5 Å². The largest absolute Gasteiger partial charge is 0.490 e. The van der Waals surface area contributed by atoms with Crippen molar-refractivity contribution in [3.05, 3.63) is 29.8 Å². The number of hydrogen-bond donors (Lipinski definition) is 1. The molecule has 2 nitrogen and oxygen atoms in total. The average molecular weight is 192 g/mol. The zero-order valence-corrected chi connectivity index (χ0v) is 8.44. The number of benzene rings is 1. The molecule has 1 unspecified atom stereocenters. The van der Waals surface area contributed by atoms with Crippen molar-refractivity contribution in [1.29, 1.82) is 0 Å². The first-order valence-corrected chi connectivity index (χ1v) is 5.20. The zero-order chi connectivity index (χ0) is 9.97. The molecule has 76 valence electrons. The van der Waals surface area contributed by atoms with E-state index in [1.807, 2.05) is 24.3 Å². The molecular formula is C12H16O2. The van der Waals surface area contributed by atoms with Gasteiger partial charge >= 0.3 is 0 Å². The highest BCUT2D eigenvalue weighted by Gasteiger charge is 2.18. The molecule has 1 atom stereocenters. The van der Waals surface area contributed by atoms with Crippen LogP contribution in [0.4, 0.5) is 0 Å². The monoisotopic (exact) mass is 192 g/mol. The number of hydrogen-bond acceptors (Lipinski definition) is 2. The van der Waals surface area contributed by atoms with Gasteiger partial charge in [-0.15, -0.1) is 0 Å². The van der Waals surface area contributed by atoms with Crippen LogP contribution in [0.15, 0.2) is 24.3 Å². The van der Waals surface area contributed by atoms with Crippen LogP contribution in [-0.2, 0) is 0 Å². The first-order valence-electron chi connectivity index (χ1n) is 5.20. The predicted octanol–water partition coefficient (Wildman–Crippen LogP) is 2.67. The Kier molecular flexibility index (Phi) is 2.73. The van der Waals surface area contributed by atoms with Crippen LogP contribution in [0.2, 0.25) is 0 Å². The van der Waals surface area contributed by atoms with Crippen LogP contribution in [0.25, 0.3) is 0 Å². The van der Waals surface area contributed by atoms with Crippen LogP contribution in [0, 0.1) is 0 Å². The van der Waals surface area contributed by atoms with Gasteiger partial charge in [0.25, 0.3) is 0 Å². The second-order valence-corrected chi connectivity index (χ2v) is 3.92. The molecule has 0 bridgehead atoms. The van der Waals surface area contributed by atoms with E-state index in [-0.39, 0.29) is 0 Å². The lowest BCUT2D eigenvalue weighted by atomic mass is 9.96. The van der Waals surface area contributed by atoms with E-state index in [1.165, 1.54) is 19.3 Å². The summed E-state index contributed by atoms with van der Waals surface area (Å²) in [6, 6.07) is 7.69. The third-order valence-electron chi connectivity index (χ3n) is 2.72. The van der Waals surface area contributed by atoms with E-state index in [9.17, 15) is 5.11 Å². The maximum absolute atomic E-state index is 9.31. The van der Waals surface area contributed by atoms with E-state index >= 15 is 0 Å². The number of aliphatic hydroxyl groups excluding tert-OH is 1. The lowest BCUT2D eigenvalue weighted by molar-refractivity contribution is 0.120. The van der Waals surface area contributed by atoms with Gasteiger partial charge in [0.2, 0.25) is 0 Å². The molecule has 2 rings (SSSR count). The van der Waals surface area contributed by atoms with E-state index in [4.69, 9.17) is 4.74 Å². The smallest absolute Gasteiger partial charge is 0.119 e. The number of aliphatic hydroxyl groups is 1. The predicted molar refractivity (Wildman–Crippen MR) is 55.3 cm³/mol. The molecule has 0 radical (unpaired) electrons. The molecule has 14 heavy (non-hydrogen) atoms. The minimum Gasteiger partial charge on any atom is -0.490 e. The van der Waals surface area contributed by atoms with Crippen LogP contribution in [0.1, 0.15) is 37.9 Å². The van der Waals surface area contributed by atoms with E-state index in [0.717, 1.165) is 11.3 Å². The molecule has 2 heteroatoms. The first kappa shape index (κ1) is 9.53. The van der Waals surface area contributed by atoms with Crippen LogP contribution >= 0.6 is 0 Å². The van der Waals surface area contributed by atoms with Crippen LogP contribution < -0.4 is 4.74 Å². The van der Waals surface area contributed by atoms with Crippen LogP contribution in [0.3, 0.4) is 0 Å². The van der Waals surface area contributed by atoms with Gasteiger partial charge in [-0.2, -0.15) is 0 Å². The Hall–Kier alpha value is -1.02. The molecule has 0 aliphatic heterocycles. The van der Waals surface area contributed by atoms with Crippen LogP contribution in [-0.4, -0.2) is 11.2 Å². The maximum Gasteiger partial charge on any atom is 0.119 e. The van der Waals surface area contributed by atoms with Gasteiger partial charge in [0.1, 0.15) is 5.75 Å². The third kappa shape index (κ3) is 2.07. The second kappa shape index (κ2) is 4.01. The van der Waals surface area contributed by atoms with E-state index in [0.29, 0.717) is 6.10 Å². The zero-order valence-electron chi connectivity index (χ0n) is 8.44. The van der Waals surface area contributed by atoms with E-state index < -0.39 is 6.10 Å². The molecule has 1 aromatic rings. The molecule has 0 heterocycles. The highest BCUT2D eigenvalue weighted by Crippen LogP contribution is 2.25. The van der Waals surface area contributed by atoms with Crippen LogP contribution in [0.5, 0.6) is 5.75 Å². The molecular weight excluding hydrogens is 176 g/mol. The standard InChI is InChI=1S/C12H16O2/c1-9(13)10-5-7-12(8-6-10)14-11-3-2-4-11/h5-9,11,13H,2-4H2,1H3. The Balaban J connectivity index is 1.98. The van der Waals surface area contributed by atoms with Gasteiger partial charge in [-0.25, -0.2) is 0 Å².